The minimum Gasteiger partial charge on any atom is -0.480 e. The van der Waals surface area contributed by atoms with Crippen molar-refractivity contribution in [2.24, 2.45) is 5.92 Å². The molecule has 0 aromatic carbocycles. The van der Waals surface area contributed by atoms with Crippen LogP contribution in [-0.2, 0) is 4.79 Å². The number of carboxylic acids is 1. The van der Waals surface area contributed by atoms with Crippen molar-refractivity contribution < 1.29 is 9.90 Å². The summed E-state index contributed by atoms with van der Waals surface area (Å²) in [4.78, 5) is 12.7. The minimum absolute atomic E-state index is 0.331. The molecule has 3 nitrogen and oxygen atoms in total. The molecule has 0 aromatic heterocycles. The lowest BCUT2D eigenvalue weighted by atomic mass is 10.1. The Bertz CT molecular complexity index is 183. The fourth-order valence-electron chi connectivity index (χ4n) is 1.25. The maximum atomic E-state index is 10.6. The summed E-state index contributed by atoms with van der Waals surface area (Å²) in [7, 11) is 0. The first-order valence-corrected chi connectivity index (χ1v) is 5.39. The van der Waals surface area contributed by atoms with Crippen LogP contribution in [-0.4, -0.2) is 40.5 Å². The Balaban J connectivity index is 4.16. The quantitative estimate of drug-likeness (QED) is 0.698. The third-order valence-electron chi connectivity index (χ3n) is 1.99. The van der Waals surface area contributed by atoms with Crippen LogP contribution in [0.3, 0.4) is 0 Å². The molecule has 0 aliphatic heterocycles. The first-order chi connectivity index (χ1) is 6.34. The molecule has 0 saturated heterocycles. The molecular weight excluding hydrogens is 202 g/mol. The van der Waals surface area contributed by atoms with Gasteiger partial charge in [0.1, 0.15) is 5.38 Å². The first kappa shape index (κ1) is 13.7. The SMILES string of the molecule is CC(C)CN(CC(Cl)C(=O)O)C(C)C. The van der Waals surface area contributed by atoms with E-state index in [1.165, 1.54) is 0 Å². The predicted molar refractivity (Wildman–Crippen MR) is 58.8 cm³/mol. The van der Waals surface area contributed by atoms with Gasteiger partial charge in [-0.05, 0) is 19.8 Å². The van der Waals surface area contributed by atoms with Crippen LogP contribution in [0.15, 0.2) is 0 Å². The summed E-state index contributed by atoms with van der Waals surface area (Å²) >= 11 is 5.70. The molecule has 1 N–H and O–H groups in total. The van der Waals surface area contributed by atoms with Crippen LogP contribution in [0.5, 0.6) is 0 Å². The van der Waals surface area contributed by atoms with E-state index in [1.54, 1.807) is 0 Å². The maximum Gasteiger partial charge on any atom is 0.322 e. The average Bonchev–Trinajstić information content (AvgIpc) is 2.01. The van der Waals surface area contributed by atoms with E-state index in [0.717, 1.165) is 6.54 Å². The molecule has 84 valence electrons. The molecule has 0 radical (unpaired) electrons. The van der Waals surface area contributed by atoms with Crippen LogP contribution in [0.2, 0.25) is 0 Å². The molecule has 0 bridgehead atoms. The average molecular weight is 222 g/mol. The highest BCUT2D eigenvalue weighted by Gasteiger charge is 2.20. The Morgan fingerprint density at radius 2 is 1.79 bits per heavy atom. The van der Waals surface area contributed by atoms with Crippen molar-refractivity contribution in [3.8, 4) is 0 Å². The smallest absolute Gasteiger partial charge is 0.322 e. The number of aliphatic carboxylic acids is 1. The van der Waals surface area contributed by atoms with Crippen molar-refractivity contribution in [3.63, 3.8) is 0 Å². The molecular formula is C10H20ClNO2. The van der Waals surface area contributed by atoms with E-state index in [1.807, 2.05) is 13.8 Å². The number of nitrogens with zero attached hydrogens (tertiary/aromatic N) is 1. The molecule has 0 amide bonds. The molecule has 4 heteroatoms. The lowest BCUT2D eigenvalue weighted by molar-refractivity contribution is -0.137. The van der Waals surface area contributed by atoms with Crippen molar-refractivity contribution in [2.75, 3.05) is 13.1 Å². The van der Waals surface area contributed by atoms with Crippen LogP contribution in [0.25, 0.3) is 0 Å². The predicted octanol–water partition coefficient (Wildman–Crippen LogP) is 2.04. The monoisotopic (exact) mass is 221 g/mol. The molecule has 14 heavy (non-hydrogen) atoms. The molecule has 1 atom stereocenters. The van der Waals surface area contributed by atoms with Gasteiger partial charge < -0.3 is 5.11 Å². The third kappa shape index (κ3) is 5.45. The van der Waals surface area contributed by atoms with Gasteiger partial charge in [-0.3, -0.25) is 9.69 Å². The van der Waals surface area contributed by atoms with Crippen molar-refractivity contribution in [2.45, 2.75) is 39.1 Å². The van der Waals surface area contributed by atoms with E-state index in [9.17, 15) is 4.79 Å². The summed E-state index contributed by atoms with van der Waals surface area (Å²) in [5, 5.41) is 7.88. The van der Waals surface area contributed by atoms with Crippen molar-refractivity contribution in [1.29, 1.82) is 0 Å². The van der Waals surface area contributed by atoms with Crippen LogP contribution in [0.1, 0.15) is 27.7 Å². The minimum atomic E-state index is -0.943. The highest BCUT2D eigenvalue weighted by Crippen LogP contribution is 2.08. The number of halogens is 1. The second-order valence-electron chi connectivity index (χ2n) is 4.25. The summed E-state index contributed by atoms with van der Waals surface area (Å²) in [6.45, 7) is 9.61. The molecule has 0 heterocycles. The Kier molecular flexibility index (Phi) is 6.12. The third-order valence-corrected chi connectivity index (χ3v) is 2.32. The van der Waals surface area contributed by atoms with Gasteiger partial charge in [0.05, 0.1) is 0 Å². The van der Waals surface area contributed by atoms with Crippen LogP contribution in [0, 0.1) is 5.92 Å². The number of rotatable bonds is 6. The largest absolute Gasteiger partial charge is 0.480 e. The van der Waals surface area contributed by atoms with Crippen LogP contribution >= 0.6 is 11.6 Å². The van der Waals surface area contributed by atoms with E-state index in [4.69, 9.17) is 16.7 Å². The number of hydrogen-bond acceptors (Lipinski definition) is 2. The van der Waals surface area contributed by atoms with E-state index in [-0.39, 0.29) is 0 Å². The van der Waals surface area contributed by atoms with Gasteiger partial charge in [-0.15, -0.1) is 11.6 Å². The Morgan fingerprint density at radius 1 is 1.29 bits per heavy atom. The van der Waals surface area contributed by atoms with Crippen molar-refractivity contribution >= 4 is 17.6 Å². The first-order valence-electron chi connectivity index (χ1n) is 4.95. The fourth-order valence-corrected chi connectivity index (χ4v) is 1.43. The fraction of sp³-hybridized carbons (Fsp3) is 0.900. The topological polar surface area (TPSA) is 40.5 Å². The van der Waals surface area contributed by atoms with Gasteiger partial charge in [0.15, 0.2) is 0 Å². The molecule has 0 aliphatic carbocycles. The van der Waals surface area contributed by atoms with Gasteiger partial charge in [-0.1, -0.05) is 13.8 Å². The number of hydrogen-bond donors (Lipinski definition) is 1. The number of carboxylic acid groups (broad SMARTS) is 1. The van der Waals surface area contributed by atoms with E-state index >= 15 is 0 Å². The van der Waals surface area contributed by atoms with E-state index < -0.39 is 11.3 Å². The Hall–Kier alpha value is -0.280. The normalized spacial score (nSPS) is 14.0. The van der Waals surface area contributed by atoms with Gasteiger partial charge in [-0.25, -0.2) is 0 Å². The lowest BCUT2D eigenvalue weighted by Gasteiger charge is -2.28. The van der Waals surface area contributed by atoms with Gasteiger partial charge in [0.2, 0.25) is 0 Å². The molecule has 1 unspecified atom stereocenters. The highest BCUT2D eigenvalue weighted by molar-refractivity contribution is 6.29. The summed E-state index contributed by atoms with van der Waals surface area (Å²) in [6.07, 6.45) is 0. The van der Waals surface area contributed by atoms with Crippen LogP contribution in [0.4, 0.5) is 0 Å². The van der Waals surface area contributed by atoms with Crippen LogP contribution < -0.4 is 0 Å². The standard InChI is InChI=1S/C10H20ClNO2/c1-7(2)5-12(8(3)4)6-9(11)10(13)14/h7-9H,5-6H2,1-4H3,(H,13,14). The van der Waals surface area contributed by atoms with Gasteiger partial charge >= 0.3 is 5.97 Å². The second kappa shape index (κ2) is 6.25. The highest BCUT2D eigenvalue weighted by atomic mass is 35.5. The number of alkyl halides is 1. The molecule has 0 spiro atoms. The molecule has 0 rings (SSSR count). The second-order valence-corrected chi connectivity index (χ2v) is 4.77. The van der Waals surface area contributed by atoms with Gasteiger partial charge in [-0.2, -0.15) is 0 Å². The molecule has 0 aliphatic rings. The lowest BCUT2D eigenvalue weighted by Crippen LogP contribution is -2.40. The zero-order valence-corrected chi connectivity index (χ0v) is 10.1. The van der Waals surface area contributed by atoms with Gasteiger partial charge in [0, 0.05) is 19.1 Å². The number of carbonyl (C=O) groups is 1. The summed E-state index contributed by atoms with van der Waals surface area (Å²) in [6, 6.07) is 0.331. The molecule has 0 fully saturated rings. The van der Waals surface area contributed by atoms with E-state index in [2.05, 4.69) is 18.7 Å². The summed E-state index contributed by atoms with van der Waals surface area (Å²) in [5.74, 6) is -0.420. The van der Waals surface area contributed by atoms with Crippen molar-refractivity contribution in [1.82, 2.24) is 4.90 Å². The zero-order valence-electron chi connectivity index (χ0n) is 9.33. The van der Waals surface area contributed by atoms with Gasteiger partial charge in [0.25, 0.3) is 0 Å². The summed E-state index contributed by atoms with van der Waals surface area (Å²) < 4.78 is 0. The Labute approximate surface area is 91.0 Å². The molecule has 0 saturated carbocycles. The Morgan fingerprint density at radius 3 is 2.07 bits per heavy atom. The van der Waals surface area contributed by atoms with Crippen molar-refractivity contribution in [3.05, 3.63) is 0 Å². The zero-order chi connectivity index (χ0) is 11.3. The maximum absolute atomic E-state index is 10.6. The summed E-state index contributed by atoms with van der Waals surface area (Å²) in [5.41, 5.74) is 0. The molecule has 0 aromatic rings. The van der Waals surface area contributed by atoms with E-state index in [0.29, 0.717) is 18.5 Å².